The molecule has 2 aliphatic carbocycles. The Balaban J connectivity index is 2.41. The molecule has 8 heteroatoms. The lowest BCUT2D eigenvalue weighted by Crippen LogP contribution is -2.45. The van der Waals surface area contributed by atoms with Gasteiger partial charge in [0.15, 0.2) is 16.6 Å². The smallest absolute Gasteiger partial charge is 0.308 e. The van der Waals surface area contributed by atoms with Crippen molar-refractivity contribution < 1.29 is 27.9 Å². The van der Waals surface area contributed by atoms with E-state index < -0.39 is 34.8 Å². The standard InChI is InChI=1S/C37H69FO5Si2/c1-14-15-16-26(2)23-29(42-44(10,11)36(3,4)5)20-21-30-33(43-45(12,13)37(6,7)8)25-32(39)34(30)31(38)22-18-27-17-19-28(24-27)35(40)41-9/h18,20-22,26-34,39H,14-17,19,23-25H2,1-13H3/b21-20+,22-18-/t26-,27+,28+,29+,30-,31-,32-,33+,34-/m0/s1. The lowest BCUT2D eigenvalue weighted by atomic mass is 9.87. The highest BCUT2D eigenvalue weighted by molar-refractivity contribution is 6.74. The van der Waals surface area contributed by atoms with E-state index in [0.717, 1.165) is 19.3 Å². The van der Waals surface area contributed by atoms with Gasteiger partial charge in [0.05, 0.1) is 31.3 Å². The average molecular weight is 669 g/mol. The second kappa shape index (κ2) is 16.5. The molecule has 5 nitrogen and oxygen atoms in total. The Morgan fingerprint density at radius 3 is 2.16 bits per heavy atom. The number of allylic oxidation sites excluding steroid dienone is 2. The molecule has 0 saturated heterocycles. The number of alkyl halides is 1. The molecule has 0 aliphatic heterocycles. The third-order valence-electron chi connectivity index (χ3n) is 11.5. The van der Waals surface area contributed by atoms with Crippen LogP contribution in [0.4, 0.5) is 4.39 Å². The van der Waals surface area contributed by atoms with Crippen molar-refractivity contribution in [3.63, 3.8) is 0 Å². The molecule has 0 aromatic heterocycles. The van der Waals surface area contributed by atoms with Gasteiger partial charge in [-0.05, 0) is 80.2 Å². The molecule has 2 rings (SSSR count). The largest absolute Gasteiger partial charge is 0.469 e. The molecule has 0 unspecified atom stereocenters. The summed E-state index contributed by atoms with van der Waals surface area (Å²) in [4.78, 5) is 12.0. The van der Waals surface area contributed by atoms with Crippen LogP contribution in [0.1, 0.15) is 107 Å². The first-order valence-corrected chi connectivity index (χ1v) is 23.6. The Bertz CT molecular complexity index is 982. The zero-order valence-corrected chi connectivity index (χ0v) is 33.1. The summed E-state index contributed by atoms with van der Waals surface area (Å²) in [5.74, 6) is -0.497. The van der Waals surface area contributed by atoms with E-state index in [0.29, 0.717) is 18.8 Å². The Morgan fingerprint density at radius 2 is 1.60 bits per heavy atom. The third-order valence-corrected chi connectivity index (χ3v) is 20.5. The van der Waals surface area contributed by atoms with Crippen LogP contribution < -0.4 is 0 Å². The summed E-state index contributed by atoms with van der Waals surface area (Å²) < 4.78 is 35.1. The highest BCUT2D eigenvalue weighted by atomic mass is 28.4. The van der Waals surface area contributed by atoms with Crippen LogP contribution in [0.25, 0.3) is 0 Å². The van der Waals surface area contributed by atoms with Crippen LogP contribution in [0.15, 0.2) is 24.3 Å². The van der Waals surface area contributed by atoms with Gasteiger partial charge in [0.2, 0.25) is 0 Å². The molecule has 0 spiro atoms. The maximum atomic E-state index is 16.3. The van der Waals surface area contributed by atoms with E-state index in [2.05, 4.69) is 93.7 Å². The molecule has 45 heavy (non-hydrogen) atoms. The average Bonchev–Trinajstić information content (AvgIpc) is 3.51. The summed E-state index contributed by atoms with van der Waals surface area (Å²) in [6, 6.07) is 0. The lowest BCUT2D eigenvalue weighted by molar-refractivity contribution is -0.145. The molecular formula is C37H69FO5Si2. The van der Waals surface area contributed by atoms with Crippen molar-refractivity contribution in [3.05, 3.63) is 24.3 Å². The molecule has 2 fully saturated rings. The SMILES string of the molecule is CCCC[C@H](C)C[C@@H](/C=C/[C@@H]1[C@@H]([C@@H](F)/C=C\[C@H]2CC[C@@H](C(=O)OC)C2)[C@@H](O)C[C@H]1O[Si](C)(C)C(C)(C)C)O[Si](C)(C)C(C)(C)C. The van der Waals surface area contributed by atoms with Crippen LogP contribution in [-0.2, 0) is 18.4 Å². The van der Waals surface area contributed by atoms with Crippen molar-refractivity contribution in [2.24, 2.45) is 29.6 Å². The fourth-order valence-corrected chi connectivity index (χ4v) is 9.07. The van der Waals surface area contributed by atoms with Crippen LogP contribution in [0, 0.1) is 29.6 Å². The molecule has 2 aliphatic rings. The number of ether oxygens (including phenoxy) is 1. The van der Waals surface area contributed by atoms with Crippen LogP contribution in [0.3, 0.4) is 0 Å². The summed E-state index contributed by atoms with van der Waals surface area (Å²) in [6.07, 6.45) is 12.7. The van der Waals surface area contributed by atoms with Gasteiger partial charge in [-0.15, -0.1) is 0 Å². The first-order valence-electron chi connectivity index (χ1n) is 17.8. The fourth-order valence-electron chi connectivity index (χ4n) is 6.42. The van der Waals surface area contributed by atoms with Gasteiger partial charge in [0.1, 0.15) is 6.17 Å². The van der Waals surface area contributed by atoms with E-state index in [1.807, 2.05) is 6.08 Å². The number of unbranched alkanes of at least 4 members (excludes halogenated alkanes) is 1. The second-order valence-electron chi connectivity index (χ2n) is 17.3. The summed E-state index contributed by atoms with van der Waals surface area (Å²) in [5.41, 5.74) is 0. The van der Waals surface area contributed by atoms with Gasteiger partial charge >= 0.3 is 5.97 Å². The predicted molar refractivity (Wildman–Crippen MR) is 191 cm³/mol. The Morgan fingerprint density at radius 1 is 0.978 bits per heavy atom. The molecule has 0 amide bonds. The van der Waals surface area contributed by atoms with Crippen LogP contribution >= 0.6 is 0 Å². The van der Waals surface area contributed by atoms with E-state index in [1.54, 1.807) is 6.08 Å². The maximum Gasteiger partial charge on any atom is 0.308 e. The second-order valence-corrected chi connectivity index (χ2v) is 26.8. The fraction of sp³-hybridized carbons (Fsp3) is 0.865. The summed E-state index contributed by atoms with van der Waals surface area (Å²) in [6.45, 7) is 27.1. The minimum absolute atomic E-state index is 0.000658. The Kier molecular flexibility index (Phi) is 14.8. The highest BCUT2D eigenvalue weighted by Crippen LogP contribution is 2.45. The highest BCUT2D eigenvalue weighted by Gasteiger charge is 2.49. The van der Waals surface area contributed by atoms with E-state index >= 15 is 4.39 Å². The number of hydrogen-bond acceptors (Lipinski definition) is 5. The van der Waals surface area contributed by atoms with Crippen LogP contribution in [-0.4, -0.2) is 59.3 Å². The number of methoxy groups -OCH3 is 1. The van der Waals surface area contributed by atoms with Gasteiger partial charge in [0, 0.05) is 11.8 Å². The number of rotatable bonds is 15. The van der Waals surface area contributed by atoms with Crippen LogP contribution in [0.2, 0.25) is 36.3 Å². The van der Waals surface area contributed by atoms with E-state index in [1.165, 1.54) is 26.4 Å². The minimum Gasteiger partial charge on any atom is -0.469 e. The van der Waals surface area contributed by atoms with Gasteiger partial charge < -0.3 is 18.7 Å². The third kappa shape index (κ3) is 11.4. The maximum absolute atomic E-state index is 16.3. The molecule has 0 aromatic rings. The zero-order chi connectivity index (χ0) is 34.4. The normalized spacial score (nSPS) is 29.0. The molecule has 0 bridgehead atoms. The van der Waals surface area contributed by atoms with Crippen molar-refractivity contribution >= 4 is 22.6 Å². The van der Waals surface area contributed by atoms with E-state index in [9.17, 15) is 9.90 Å². The topological polar surface area (TPSA) is 65.0 Å². The molecule has 2 saturated carbocycles. The quantitative estimate of drug-likeness (QED) is 0.107. The first kappa shape index (κ1) is 40.4. The minimum atomic E-state index is -2.18. The molecule has 1 N–H and O–H groups in total. The van der Waals surface area contributed by atoms with Gasteiger partial charge in [-0.2, -0.15) is 0 Å². The molecule has 262 valence electrons. The van der Waals surface area contributed by atoms with Crippen LogP contribution in [0.5, 0.6) is 0 Å². The van der Waals surface area contributed by atoms with Gasteiger partial charge in [-0.3, -0.25) is 4.79 Å². The van der Waals surface area contributed by atoms with Crippen molar-refractivity contribution in [2.75, 3.05) is 7.11 Å². The molecule has 0 heterocycles. The zero-order valence-electron chi connectivity index (χ0n) is 31.1. The van der Waals surface area contributed by atoms with Gasteiger partial charge in [-0.25, -0.2) is 4.39 Å². The number of aliphatic hydroxyl groups is 1. The molecule has 0 aromatic carbocycles. The van der Waals surface area contributed by atoms with Crippen molar-refractivity contribution in [1.29, 1.82) is 0 Å². The Hall–Kier alpha value is -0.806. The van der Waals surface area contributed by atoms with Gasteiger partial charge in [-0.1, -0.05) is 99.0 Å². The van der Waals surface area contributed by atoms with Crippen molar-refractivity contribution in [2.45, 2.75) is 168 Å². The lowest BCUT2D eigenvalue weighted by Gasteiger charge is -2.40. The van der Waals surface area contributed by atoms with E-state index in [4.69, 9.17) is 13.6 Å². The van der Waals surface area contributed by atoms with Crippen molar-refractivity contribution in [3.8, 4) is 0 Å². The summed E-state index contributed by atoms with van der Waals surface area (Å²) in [5, 5.41) is 11.5. The van der Waals surface area contributed by atoms with Crippen molar-refractivity contribution in [1.82, 2.24) is 0 Å². The molecular weight excluding hydrogens is 600 g/mol. The summed E-state index contributed by atoms with van der Waals surface area (Å²) in [7, 11) is -2.82. The van der Waals surface area contributed by atoms with Gasteiger partial charge in [0.25, 0.3) is 0 Å². The number of aliphatic hydroxyl groups excluding tert-OH is 1. The molecule has 9 atom stereocenters. The first-order chi connectivity index (χ1) is 20.6. The number of halogens is 1. The van der Waals surface area contributed by atoms with E-state index in [-0.39, 0.29) is 46.0 Å². The summed E-state index contributed by atoms with van der Waals surface area (Å²) >= 11 is 0. The number of carbonyl (C=O) groups is 1. The Labute approximate surface area is 278 Å². The number of hydrogen-bond donors (Lipinski definition) is 1. The molecule has 0 radical (unpaired) electrons. The predicted octanol–water partition coefficient (Wildman–Crippen LogP) is 10.0. The number of carbonyl (C=O) groups excluding carboxylic acids is 1. The monoisotopic (exact) mass is 668 g/mol. The number of esters is 1.